The van der Waals surface area contributed by atoms with Crippen LogP contribution in [0.1, 0.15) is 31.7 Å². The maximum absolute atomic E-state index is 12.3. The molecule has 0 saturated carbocycles. The summed E-state index contributed by atoms with van der Waals surface area (Å²) < 4.78 is 0. The number of hydrogen-bond acceptors (Lipinski definition) is 3. The molecule has 0 aliphatic carbocycles. The topological polar surface area (TPSA) is 81.8 Å². The van der Waals surface area contributed by atoms with Gasteiger partial charge in [0.15, 0.2) is 0 Å². The molecule has 2 aliphatic rings. The predicted octanol–water partition coefficient (Wildman–Crippen LogP) is 1.23. The van der Waals surface area contributed by atoms with E-state index < -0.39 is 6.04 Å². The van der Waals surface area contributed by atoms with Crippen LogP contribution in [0.5, 0.6) is 0 Å². The Morgan fingerprint density at radius 2 is 2.12 bits per heavy atom. The molecule has 1 unspecified atom stereocenters. The smallest absolute Gasteiger partial charge is 0.318 e. The van der Waals surface area contributed by atoms with Crippen molar-refractivity contribution in [3.8, 4) is 0 Å². The maximum Gasteiger partial charge on any atom is 0.318 e. The molecule has 2 heterocycles. The first-order chi connectivity index (χ1) is 12.1. The van der Waals surface area contributed by atoms with Crippen LogP contribution in [0.15, 0.2) is 24.3 Å². The lowest BCUT2D eigenvalue weighted by atomic mass is 10.1. The van der Waals surface area contributed by atoms with Crippen molar-refractivity contribution < 1.29 is 14.4 Å². The van der Waals surface area contributed by atoms with Crippen LogP contribution < -0.4 is 15.5 Å². The van der Waals surface area contributed by atoms with Crippen LogP contribution in [-0.2, 0) is 16.1 Å². The first kappa shape index (κ1) is 17.3. The number of rotatable bonds is 3. The Balaban J connectivity index is 1.61. The van der Waals surface area contributed by atoms with E-state index in [1.807, 2.05) is 29.2 Å². The number of hydrogen-bond donors (Lipinski definition) is 2. The molecule has 1 aromatic rings. The fraction of sp³-hybridized carbons (Fsp3) is 0.500. The van der Waals surface area contributed by atoms with Crippen molar-refractivity contribution in [1.82, 2.24) is 15.5 Å². The van der Waals surface area contributed by atoms with Gasteiger partial charge in [0.2, 0.25) is 11.8 Å². The second-order valence-corrected chi connectivity index (χ2v) is 6.49. The molecule has 0 radical (unpaired) electrons. The summed E-state index contributed by atoms with van der Waals surface area (Å²) in [6, 6.07) is 6.97. The Morgan fingerprint density at radius 1 is 1.28 bits per heavy atom. The highest BCUT2D eigenvalue weighted by atomic mass is 16.2. The van der Waals surface area contributed by atoms with Gasteiger partial charge in [0, 0.05) is 38.3 Å². The molecule has 0 aromatic heterocycles. The number of nitrogens with zero attached hydrogens (tertiary/aromatic N) is 2. The second-order valence-electron chi connectivity index (χ2n) is 6.49. The fourth-order valence-corrected chi connectivity index (χ4v) is 3.25. The van der Waals surface area contributed by atoms with E-state index >= 15 is 0 Å². The van der Waals surface area contributed by atoms with Gasteiger partial charge in [0.25, 0.3) is 0 Å². The van der Waals surface area contributed by atoms with E-state index in [1.54, 1.807) is 6.92 Å². The third kappa shape index (κ3) is 3.92. The molecule has 134 valence electrons. The lowest BCUT2D eigenvalue weighted by Gasteiger charge is -2.32. The van der Waals surface area contributed by atoms with E-state index in [1.165, 1.54) is 4.90 Å². The molecule has 1 atom stereocenters. The van der Waals surface area contributed by atoms with Gasteiger partial charge in [0.05, 0.1) is 0 Å². The van der Waals surface area contributed by atoms with Crippen LogP contribution in [0.2, 0.25) is 0 Å². The molecule has 1 aromatic carbocycles. The summed E-state index contributed by atoms with van der Waals surface area (Å²) >= 11 is 0. The van der Waals surface area contributed by atoms with Crippen molar-refractivity contribution in [2.24, 2.45) is 0 Å². The summed E-state index contributed by atoms with van der Waals surface area (Å²) in [5, 5.41) is 5.60. The highest BCUT2D eigenvalue weighted by Crippen LogP contribution is 2.22. The SMILES string of the molecule is CC1C(=O)NCCN1C(=O)NCc1cccc(N2CCCCC2=O)c1. The minimum Gasteiger partial charge on any atom is -0.353 e. The molecular weight excluding hydrogens is 320 g/mol. The Morgan fingerprint density at radius 3 is 2.92 bits per heavy atom. The van der Waals surface area contributed by atoms with Gasteiger partial charge in [-0.3, -0.25) is 9.59 Å². The number of carbonyl (C=O) groups excluding carboxylic acids is 3. The standard InChI is InChI=1S/C18H24N4O3/c1-13-17(24)19-8-10-21(13)18(25)20-12-14-5-4-6-15(11-14)22-9-3-2-7-16(22)23/h4-6,11,13H,2-3,7-10,12H2,1H3,(H,19,24)(H,20,25). The summed E-state index contributed by atoms with van der Waals surface area (Å²) in [5.74, 6) is 0.0209. The number of urea groups is 1. The molecule has 4 amide bonds. The summed E-state index contributed by atoms with van der Waals surface area (Å²) in [6.07, 6.45) is 2.56. The minimum absolute atomic E-state index is 0.132. The average Bonchev–Trinajstić information content (AvgIpc) is 2.62. The van der Waals surface area contributed by atoms with Crippen LogP contribution in [0, 0.1) is 0 Å². The van der Waals surface area contributed by atoms with E-state index in [0.29, 0.717) is 26.1 Å². The molecule has 7 heteroatoms. The van der Waals surface area contributed by atoms with Crippen molar-refractivity contribution in [2.45, 2.75) is 38.8 Å². The second kappa shape index (κ2) is 7.55. The zero-order chi connectivity index (χ0) is 17.8. The molecule has 0 bridgehead atoms. The molecule has 2 fully saturated rings. The largest absolute Gasteiger partial charge is 0.353 e. The van der Waals surface area contributed by atoms with Crippen LogP contribution in [0.3, 0.4) is 0 Å². The van der Waals surface area contributed by atoms with E-state index in [9.17, 15) is 14.4 Å². The van der Waals surface area contributed by atoms with Gasteiger partial charge in [-0.15, -0.1) is 0 Å². The number of anilines is 1. The first-order valence-electron chi connectivity index (χ1n) is 8.78. The highest BCUT2D eigenvalue weighted by molar-refractivity contribution is 5.94. The Hall–Kier alpha value is -2.57. The number of benzene rings is 1. The van der Waals surface area contributed by atoms with Crippen LogP contribution in [-0.4, -0.2) is 48.4 Å². The molecule has 2 aliphatic heterocycles. The minimum atomic E-state index is -0.467. The van der Waals surface area contributed by atoms with E-state index in [-0.39, 0.29) is 17.8 Å². The first-order valence-corrected chi connectivity index (χ1v) is 8.78. The van der Waals surface area contributed by atoms with Gasteiger partial charge in [-0.1, -0.05) is 12.1 Å². The number of piperidine rings is 1. The Kier molecular flexibility index (Phi) is 5.21. The van der Waals surface area contributed by atoms with Gasteiger partial charge in [-0.25, -0.2) is 4.79 Å². The summed E-state index contributed by atoms with van der Waals surface area (Å²) in [4.78, 5) is 39.4. The zero-order valence-electron chi connectivity index (χ0n) is 14.5. The van der Waals surface area contributed by atoms with Crippen molar-refractivity contribution >= 4 is 23.5 Å². The third-order valence-electron chi connectivity index (χ3n) is 4.75. The molecule has 0 spiro atoms. The molecule has 2 saturated heterocycles. The molecule has 3 rings (SSSR count). The van der Waals surface area contributed by atoms with Gasteiger partial charge in [-0.05, 0) is 37.5 Å². The van der Waals surface area contributed by atoms with Crippen molar-refractivity contribution in [1.29, 1.82) is 0 Å². The molecule has 2 N–H and O–H groups in total. The molecular formula is C18H24N4O3. The Bertz CT molecular complexity index is 676. The number of amides is 4. The van der Waals surface area contributed by atoms with E-state index in [0.717, 1.165) is 30.6 Å². The van der Waals surface area contributed by atoms with Crippen LogP contribution in [0.25, 0.3) is 0 Å². The van der Waals surface area contributed by atoms with Crippen LogP contribution in [0.4, 0.5) is 10.5 Å². The fourth-order valence-electron chi connectivity index (χ4n) is 3.25. The van der Waals surface area contributed by atoms with E-state index in [2.05, 4.69) is 10.6 Å². The quantitative estimate of drug-likeness (QED) is 0.865. The molecule has 7 nitrogen and oxygen atoms in total. The Labute approximate surface area is 147 Å². The lowest BCUT2D eigenvalue weighted by molar-refractivity contribution is -0.127. The third-order valence-corrected chi connectivity index (χ3v) is 4.75. The number of piperazine rings is 1. The van der Waals surface area contributed by atoms with Crippen LogP contribution >= 0.6 is 0 Å². The lowest BCUT2D eigenvalue weighted by Crippen LogP contribution is -2.58. The van der Waals surface area contributed by atoms with Crippen molar-refractivity contribution in [2.75, 3.05) is 24.5 Å². The summed E-state index contributed by atoms with van der Waals surface area (Å²) in [6.45, 7) is 3.80. The number of carbonyl (C=O) groups is 3. The zero-order valence-corrected chi connectivity index (χ0v) is 14.5. The maximum atomic E-state index is 12.3. The van der Waals surface area contributed by atoms with Gasteiger partial charge in [0.1, 0.15) is 6.04 Å². The van der Waals surface area contributed by atoms with Gasteiger partial charge < -0.3 is 20.4 Å². The normalized spacial score (nSPS) is 21.1. The van der Waals surface area contributed by atoms with Gasteiger partial charge >= 0.3 is 6.03 Å². The van der Waals surface area contributed by atoms with Crippen molar-refractivity contribution in [3.05, 3.63) is 29.8 Å². The highest BCUT2D eigenvalue weighted by Gasteiger charge is 2.29. The monoisotopic (exact) mass is 344 g/mol. The number of nitrogens with one attached hydrogen (secondary N) is 2. The molecule has 25 heavy (non-hydrogen) atoms. The van der Waals surface area contributed by atoms with Crippen molar-refractivity contribution in [3.63, 3.8) is 0 Å². The average molecular weight is 344 g/mol. The predicted molar refractivity (Wildman–Crippen MR) is 94.1 cm³/mol. The van der Waals surface area contributed by atoms with Gasteiger partial charge in [-0.2, -0.15) is 0 Å². The summed E-state index contributed by atoms with van der Waals surface area (Å²) in [7, 11) is 0. The summed E-state index contributed by atoms with van der Waals surface area (Å²) in [5.41, 5.74) is 1.81. The van der Waals surface area contributed by atoms with E-state index in [4.69, 9.17) is 0 Å².